The summed E-state index contributed by atoms with van der Waals surface area (Å²) in [6, 6.07) is 28.5. The van der Waals surface area contributed by atoms with Crippen molar-refractivity contribution in [3.63, 3.8) is 0 Å². The van der Waals surface area contributed by atoms with Crippen LogP contribution in [-0.4, -0.2) is 13.3 Å². The number of hydrogen-bond acceptors (Lipinski definition) is 1. The van der Waals surface area contributed by atoms with Gasteiger partial charge in [-0.05, 0) is 106 Å². The van der Waals surface area contributed by atoms with E-state index in [1.165, 1.54) is 49.7 Å². The number of rotatable bonds is 4. The SMILES string of the molecule is CC1C=Cc2c(c(-c3ccccc3)c3ccccc3c2C2=CCCC(C)(c3cccc(P(C)(C)=O)c3)C2)C1. The summed E-state index contributed by atoms with van der Waals surface area (Å²) in [7, 11) is -2.31. The van der Waals surface area contributed by atoms with Gasteiger partial charge in [0.2, 0.25) is 0 Å². The topological polar surface area (TPSA) is 17.1 Å². The zero-order valence-electron chi connectivity index (χ0n) is 23.0. The van der Waals surface area contributed by atoms with Crippen LogP contribution in [-0.2, 0) is 16.4 Å². The highest BCUT2D eigenvalue weighted by Gasteiger charge is 2.33. The molecule has 2 aliphatic rings. The summed E-state index contributed by atoms with van der Waals surface area (Å²) in [6.07, 6.45) is 11.5. The molecule has 0 saturated carbocycles. The first-order chi connectivity index (χ1) is 18.2. The molecular formula is C36H37OP. The third-order valence-electron chi connectivity index (χ3n) is 8.70. The normalized spacial score (nSPS) is 21.3. The van der Waals surface area contributed by atoms with Gasteiger partial charge in [-0.15, -0.1) is 0 Å². The highest BCUT2D eigenvalue weighted by Crippen LogP contribution is 2.49. The van der Waals surface area contributed by atoms with E-state index in [0.717, 1.165) is 31.0 Å². The summed E-state index contributed by atoms with van der Waals surface area (Å²) in [4.78, 5) is 0. The largest absolute Gasteiger partial charge is 0.319 e. The fourth-order valence-corrected chi connectivity index (χ4v) is 7.53. The minimum atomic E-state index is -2.31. The third-order valence-corrected chi connectivity index (χ3v) is 10.2. The molecule has 0 radical (unpaired) electrons. The molecule has 2 heteroatoms. The maximum Gasteiger partial charge on any atom is 0.109 e. The maximum atomic E-state index is 12.9. The molecule has 0 fully saturated rings. The molecule has 1 nitrogen and oxygen atoms in total. The van der Waals surface area contributed by atoms with Crippen LogP contribution >= 0.6 is 7.14 Å². The van der Waals surface area contributed by atoms with E-state index >= 15 is 0 Å². The molecule has 4 aromatic rings. The van der Waals surface area contributed by atoms with Gasteiger partial charge in [0, 0.05) is 5.30 Å². The van der Waals surface area contributed by atoms with E-state index in [1.807, 2.05) is 19.4 Å². The zero-order chi connectivity index (χ0) is 26.5. The van der Waals surface area contributed by atoms with Gasteiger partial charge in [0.15, 0.2) is 0 Å². The molecule has 6 rings (SSSR count). The number of benzene rings is 4. The van der Waals surface area contributed by atoms with Gasteiger partial charge in [0.25, 0.3) is 0 Å². The van der Waals surface area contributed by atoms with Crippen molar-refractivity contribution in [2.24, 2.45) is 5.92 Å². The molecule has 0 amide bonds. The lowest BCUT2D eigenvalue weighted by atomic mass is 9.68. The van der Waals surface area contributed by atoms with Gasteiger partial charge >= 0.3 is 0 Å². The monoisotopic (exact) mass is 516 g/mol. The Hall–Kier alpha value is -3.15. The molecule has 2 aliphatic carbocycles. The van der Waals surface area contributed by atoms with E-state index in [0.29, 0.717) is 5.92 Å². The van der Waals surface area contributed by atoms with Crippen molar-refractivity contribution >= 4 is 34.9 Å². The smallest absolute Gasteiger partial charge is 0.109 e. The third kappa shape index (κ3) is 4.42. The second-order valence-electron chi connectivity index (χ2n) is 12.0. The van der Waals surface area contributed by atoms with Crippen LogP contribution in [0.4, 0.5) is 0 Å². The van der Waals surface area contributed by atoms with Gasteiger partial charge in [0.05, 0.1) is 0 Å². The zero-order valence-corrected chi connectivity index (χ0v) is 23.9. The van der Waals surface area contributed by atoms with Gasteiger partial charge in [-0.2, -0.15) is 0 Å². The van der Waals surface area contributed by atoms with Crippen molar-refractivity contribution in [1.29, 1.82) is 0 Å². The second kappa shape index (κ2) is 9.55. The summed E-state index contributed by atoms with van der Waals surface area (Å²) < 4.78 is 12.9. The van der Waals surface area contributed by atoms with Crippen molar-refractivity contribution in [2.75, 3.05) is 13.3 Å². The Bertz CT molecular complexity index is 1640. The second-order valence-corrected chi connectivity index (χ2v) is 15.2. The van der Waals surface area contributed by atoms with Crippen LogP contribution in [0, 0.1) is 5.92 Å². The van der Waals surface area contributed by atoms with Crippen LogP contribution in [0.2, 0.25) is 0 Å². The average Bonchev–Trinajstić information content (AvgIpc) is 2.92. The van der Waals surface area contributed by atoms with Crippen LogP contribution in [0.1, 0.15) is 55.4 Å². The molecule has 38 heavy (non-hydrogen) atoms. The number of fused-ring (bicyclic) bond motifs is 2. The highest BCUT2D eigenvalue weighted by molar-refractivity contribution is 7.70. The predicted molar refractivity (Wildman–Crippen MR) is 166 cm³/mol. The molecule has 2 unspecified atom stereocenters. The van der Waals surface area contributed by atoms with Gasteiger partial charge in [-0.3, -0.25) is 0 Å². The van der Waals surface area contributed by atoms with Crippen LogP contribution in [0.3, 0.4) is 0 Å². The first-order valence-corrected chi connectivity index (χ1v) is 16.5. The first-order valence-electron chi connectivity index (χ1n) is 13.9. The molecule has 0 bridgehead atoms. The summed E-state index contributed by atoms with van der Waals surface area (Å²) in [5.41, 5.74) is 9.76. The maximum absolute atomic E-state index is 12.9. The van der Waals surface area contributed by atoms with Crippen molar-refractivity contribution in [3.8, 4) is 11.1 Å². The van der Waals surface area contributed by atoms with Crippen LogP contribution in [0.5, 0.6) is 0 Å². The molecule has 0 spiro atoms. The summed E-state index contributed by atoms with van der Waals surface area (Å²) >= 11 is 0. The molecule has 0 heterocycles. The minimum absolute atomic E-state index is 0.00697. The van der Waals surface area contributed by atoms with Crippen molar-refractivity contribution in [2.45, 2.75) is 44.9 Å². The Morgan fingerprint density at radius 3 is 2.32 bits per heavy atom. The van der Waals surface area contributed by atoms with Crippen LogP contribution in [0.15, 0.2) is 91.0 Å². The van der Waals surface area contributed by atoms with E-state index in [1.54, 1.807) is 0 Å². The Balaban J connectivity index is 1.55. The predicted octanol–water partition coefficient (Wildman–Crippen LogP) is 9.49. The van der Waals surface area contributed by atoms with E-state index in [4.69, 9.17) is 0 Å². The van der Waals surface area contributed by atoms with Gasteiger partial charge in [0.1, 0.15) is 7.14 Å². The molecule has 192 valence electrons. The lowest BCUT2D eigenvalue weighted by molar-refractivity contribution is 0.436. The number of allylic oxidation sites excluding steroid dienone is 3. The van der Waals surface area contributed by atoms with Crippen molar-refractivity contribution in [3.05, 3.63) is 113 Å². The van der Waals surface area contributed by atoms with E-state index in [9.17, 15) is 4.57 Å². The Labute approximate surface area is 227 Å². The molecule has 4 aromatic carbocycles. The lowest BCUT2D eigenvalue weighted by Crippen LogP contribution is -2.26. The summed E-state index contributed by atoms with van der Waals surface area (Å²) in [5.74, 6) is 0.520. The fraction of sp³-hybridized carbons (Fsp3) is 0.278. The van der Waals surface area contributed by atoms with Crippen LogP contribution in [0.25, 0.3) is 33.5 Å². The Kier molecular flexibility index (Phi) is 6.32. The first kappa shape index (κ1) is 25.1. The van der Waals surface area contributed by atoms with Crippen molar-refractivity contribution < 1.29 is 4.57 Å². The Morgan fingerprint density at radius 1 is 0.868 bits per heavy atom. The fourth-order valence-electron chi connectivity index (χ4n) is 6.64. The summed E-state index contributed by atoms with van der Waals surface area (Å²) in [5, 5.41) is 3.68. The average molecular weight is 517 g/mol. The molecule has 0 saturated heterocycles. The Morgan fingerprint density at radius 2 is 1.58 bits per heavy atom. The van der Waals surface area contributed by atoms with Crippen molar-refractivity contribution in [1.82, 2.24) is 0 Å². The van der Waals surface area contributed by atoms with Gasteiger partial charge < -0.3 is 4.57 Å². The molecule has 2 atom stereocenters. The highest BCUT2D eigenvalue weighted by atomic mass is 31.2. The minimum Gasteiger partial charge on any atom is -0.319 e. The molecule has 0 aromatic heterocycles. The molecule has 0 aliphatic heterocycles. The molecular weight excluding hydrogens is 479 g/mol. The van der Waals surface area contributed by atoms with E-state index < -0.39 is 7.14 Å². The van der Waals surface area contributed by atoms with E-state index in [2.05, 4.69) is 105 Å². The van der Waals surface area contributed by atoms with Gasteiger partial charge in [-0.1, -0.05) is 105 Å². The molecule has 0 N–H and O–H groups in total. The standard InChI is InChI=1S/C36H37OP/c1-25-19-20-32-33(22-25)34(26-12-6-5-7-13-26)30-17-8-9-18-31(30)35(32)27-14-11-21-36(2,24-27)28-15-10-16-29(23-28)38(3,4)37/h5-10,12-20,23,25H,11,21-22,24H2,1-4H3. The van der Waals surface area contributed by atoms with Gasteiger partial charge in [-0.25, -0.2) is 0 Å². The number of hydrogen-bond donors (Lipinski definition) is 0. The van der Waals surface area contributed by atoms with Crippen LogP contribution < -0.4 is 5.30 Å². The lowest BCUT2D eigenvalue weighted by Gasteiger charge is -2.36. The quantitative estimate of drug-likeness (QED) is 0.247. The van der Waals surface area contributed by atoms with E-state index in [-0.39, 0.29) is 5.41 Å². The summed E-state index contributed by atoms with van der Waals surface area (Å²) in [6.45, 7) is 8.48.